The lowest BCUT2D eigenvalue weighted by Crippen LogP contribution is -2.65. The van der Waals surface area contributed by atoms with Gasteiger partial charge in [-0.2, -0.15) is 0 Å². The fraction of sp³-hybridized carbons (Fsp3) is 0.906. The third kappa shape index (κ3) is 7.77. The van der Waals surface area contributed by atoms with Crippen LogP contribution in [-0.4, -0.2) is 55.1 Å². The first kappa shape index (κ1) is 34.7. The smallest absolute Gasteiger partial charge is 0.404 e. The molecule has 1 heterocycles. The minimum Gasteiger partial charge on any atom is -0.404 e. The topological polar surface area (TPSA) is 156 Å². The lowest BCUT2D eigenvalue weighted by atomic mass is 9.43. The standard InChI is InChI=1S/C32H57BN6O5/c1-7-8-14-23(21-12-9-10-13-21)28(40)36-24(15-11-16-35-30(34)38-39-42)29(41)37-27(17-20(2)3)33-43-26-19-22-18-25(31(22,4)5)32(26,6)44-33/h20-27H,7-19H2,1-6H3,(H,36,40)(H,37,41)(H3,34,35,38,42)/t22-,23?,24-,25-,26+,27-,32-/m0/s1. The molecular weight excluding hydrogens is 559 g/mol. The number of hydrogen-bond acceptors (Lipinski definition) is 7. The zero-order valence-electron chi connectivity index (χ0n) is 27.9. The Kier molecular flexibility index (Phi) is 11.8. The van der Waals surface area contributed by atoms with Crippen molar-refractivity contribution < 1.29 is 18.9 Å². The van der Waals surface area contributed by atoms with Crippen LogP contribution >= 0.6 is 0 Å². The van der Waals surface area contributed by atoms with Crippen LogP contribution in [0.15, 0.2) is 10.3 Å². The molecule has 5 rings (SSSR count). The lowest BCUT2D eigenvalue weighted by molar-refractivity contribution is -0.199. The molecule has 0 spiro atoms. The first-order chi connectivity index (χ1) is 20.9. The highest BCUT2D eigenvalue weighted by atomic mass is 16.7. The summed E-state index contributed by atoms with van der Waals surface area (Å²) in [5.41, 5.74) is 7.58. The summed E-state index contributed by atoms with van der Waals surface area (Å²) in [6.45, 7) is 13.6. The molecule has 4 saturated carbocycles. The van der Waals surface area contributed by atoms with Crippen molar-refractivity contribution in [1.82, 2.24) is 16.1 Å². The summed E-state index contributed by atoms with van der Waals surface area (Å²) < 4.78 is 13.4. The second-order valence-corrected chi connectivity index (χ2v) is 15.0. The number of amides is 2. The molecule has 0 aromatic heterocycles. The van der Waals surface area contributed by atoms with Gasteiger partial charge in [-0.25, -0.2) is 5.43 Å². The van der Waals surface area contributed by atoms with Gasteiger partial charge in [0.2, 0.25) is 17.8 Å². The van der Waals surface area contributed by atoms with Crippen molar-refractivity contribution >= 4 is 24.9 Å². The molecule has 44 heavy (non-hydrogen) atoms. The van der Waals surface area contributed by atoms with E-state index in [4.69, 9.17) is 15.0 Å². The normalized spacial score (nSPS) is 29.8. The van der Waals surface area contributed by atoms with Crippen LogP contribution in [0.4, 0.5) is 0 Å². The molecule has 5 fully saturated rings. The molecular formula is C32H57BN6O5. The number of carbonyl (C=O) groups is 2. The van der Waals surface area contributed by atoms with Gasteiger partial charge in [-0.1, -0.05) is 60.3 Å². The van der Waals surface area contributed by atoms with Crippen molar-refractivity contribution in [2.45, 2.75) is 142 Å². The highest BCUT2D eigenvalue weighted by Crippen LogP contribution is 2.65. The second kappa shape index (κ2) is 14.9. The van der Waals surface area contributed by atoms with Crippen molar-refractivity contribution in [2.75, 3.05) is 6.54 Å². The van der Waals surface area contributed by atoms with Gasteiger partial charge in [0.15, 0.2) is 0 Å². The number of unbranched alkanes of at least 4 members (excludes halogenated alkanes) is 1. The number of nitrogens with one attached hydrogen (secondary N) is 3. The molecule has 248 valence electrons. The number of aliphatic imine (C=N–C) groups is 1. The van der Waals surface area contributed by atoms with Crippen LogP contribution < -0.4 is 21.8 Å². The number of guanidine groups is 1. The number of rotatable bonds is 16. The Morgan fingerprint density at radius 3 is 2.41 bits per heavy atom. The van der Waals surface area contributed by atoms with Crippen molar-refractivity contribution in [2.24, 2.45) is 51.0 Å². The summed E-state index contributed by atoms with van der Waals surface area (Å²) in [5, 5.41) is 8.95. The van der Waals surface area contributed by atoms with E-state index in [0.717, 1.165) is 57.8 Å². The van der Waals surface area contributed by atoms with E-state index in [1.54, 1.807) is 0 Å². The molecule has 4 aliphatic carbocycles. The first-order valence-corrected chi connectivity index (χ1v) is 17.2. The largest absolute Gasteiger partial charge is 0.481 e. The Labute approximate surface area is 264 Å². The fourth-order valence-electron chi connectivity index (χ4n) is 8.59. The number of nitroso groups, excluding NO2 is 1. The zero-order chi connectivity index (χ0) is 32.1. The monoisotopic (exact) mass is 616 g/mol. The molecule has 2 amide bonds. The molecule has 11 nitrogen and oxygen atoms in total. The Morgan fingerprint density at radius 1 is 1.05 bits per heavy atom. The molecule has 0 aromatic rings. The third-order valence-corrected chi connectivity index (χ3v) is 11.3. The van der Waals surface area contributed by atoms with E-state index >= 15 is 0 Å². The van der Waals surface area contributed by atoms with Crippen molar-refractivity contribution in [3.05, 3.63) is 4.91 Å². The first-order valence-electron chi connectivity index (χ1n) is 17.2. The minimum absolute atomic E-state index is 0.0230. The number of hydrogen-bond donors (Lipinski definition) is 4. The van der Waals surface area contributed by atoms with E-state index in [9.17, 15) is 14.5 Å². The van der Waals surface area contributed by atoms with Crippen molar-refractivity contribution in [3.63, 3.8) is 0 Å². The second-order valence-electron chi connectivity index (χ2n) is 15.0. The average Bonchev–Trinajstić information content (AvgIpc) is 3.62. The fourth-order valence-corrected chi connectivity index (χ4v) is 8.59. The molecule has 1 saturated heterocycles. The molecule has 0 radical (unpaired) electrons. The predicted molar refractivity (Wildman–Crippen MR) is 173 cm³/mol. The molecule has 5 aliphatic rings. The number of carbonyl (C=O) groups excluding carboxylic acids is 2. The van der Waals surface area contributed by atoms with Gasteiger partial charge in [0.25, 0.3) is 0 Å². The Morgan fingerprint density at radius 2 is 1.77 bits per heavy atom. The maximum Gasteiger partial charge on any atom is 0.481 e. The zero-order valence-corrected chi connectivity index (χ0v) is 27.9. The van der Waals surface area contributed by atoms with Crippen LogP contribution in [0.3, 0.4) is 0 Å². The molecule has 12 heteroatoms. The lowest BCUT2D eigenvalue weighted by Gasteiger charge is -2.64. The molecule has 2 bridgehead atoms. The Hall–Kier alpha value is -2.21. The van der Waals surface area contributed by atoms with Crippen LogP contribution in [0.2, 0.25) is 0 Å². The summed E-state index contributed by atoms with van der Waals surface area (Å²) in [5.74, 6) is 0.972. The average molecular weight is 617 g/mol. The number of nitrogens with zero attached hydrogens (tertiary/aromatic N) is 2. The van der Waals surface area contributed by atoms with Gasteiger partial charge in [0.05, 0.1) is 22.9 Å². The molecule has 1 unspecified atom stereocenters. The minimum atomic E-state index is -0.734. The van der Waals surface area contributed by atoms with Crippen LogP contribution in [0.1, 0.15) is 119 Å². The Balaban J connectivity index is 1.48. The molecule has 7 atom stereocenters. The van der Waals surface area contributed by atoms with Gasteiger partial charge >= 0.3 is 7.12 Å². The predicted octanol–water partition coefficient (Wildman–Crippen LogP) is 4.63. The van der Waals surface area contributed by atoms with E-state index in [1.165, 1.54) is 0 Å². The maximum atomic E-state index is 14.0. The van der Waals surface area contributed by atoms with Crippen LogP contribution in [0.5, 0.6) is 0 Å². The Bertz CT molecular complexity index is 1040. The van der Waals surface area contributed by atoms with E-state index in [1.807, 2.05) is 0 Å². The summed E-state index contributed by atoms with van der Waals surface area (Å²) >= 11 is 0. The summed E-state index contributed by atoms with van der Waals surface area (Å²) in [7, 11) is -0.537. The molecule has 0 aromatic carbocycles. The molecule has 5 N–H and O–H groups in total. The van der Waals surface area contributed by atoms with Crippen molar-refractivity contribution in [1.29, 1.82) is 0 Å². The van der Waals surface area contributed by atoms with Crippen molar-refractivity contribution in [3.8, 4) is 0 Å². The van der Waals surface area contributed by atoms with Gasteiger partial charge in [-0.15, -0.1) is 4.91 Å². The van der Waals surface area contributed by atoms with E-state index in [2.05, 4.69) is 67.9 Å². The van der Waals surface area contributed by atoms with E-state index in [-0.39, 0.29) is 46.8 Å². The van der Waals surface area contributed by atoms with Crippen LogP contribution in [0, 0.1) is 39.9 Å². The van der Waals surface area contributed by atoms with Gasteiger partial charge in [-0.05, 0) is 87.4 Å². The van der Waals surface area contributed by atoms with Gasteiger partial charge in [-0.3, -0.25) is 14.6 Å². The van der Waals surface area contributed by atoms with Crippen LogP contribution in [-0.2, 0) is 18.9 Å². The summed E-state index contributed by atoms with van der Waals surface area (Å²) in [6, 6.07) is -0.734. The van der Waals surface area contributed by atoms with Gasteiger partial charge in [0.1, 0.15) is 6.04 Å². The SMILES string of the molecule is CCCCC(C(=O)N[C@@H](CCCN=C(N)NN=O)C(=O)N[C@@H](CC(C)C)B1O[C@@H]2C[C@@H]3C[C@@H](C3(C)C)[C@]2(C)O1)C1CCCC1. The van der Waals surface area contributed by atoms with Crippen LogP contribution in [0.25, 0.3) is 0 Å². The maximum absolute atomic E-state index is 14.0. The highest BCUT2D eigenvalue weighted by molar-refractivity contribution is 6.48. The highest BCUT2D eigenvalue weighted by Gasteiger charge is 2.68. The van der Waals surface area contributed by atoms with Gasteiger partial charge in [0, 0.05) is 12.5 Å². The summed E-state index contributed by atoms with van der Waals surface area (Å²) in [4.78, 5) is 42.3. The number of nitrogens with two attached hydrogens (primary N) is 1. The quantitative estimate of drug-likeness (QED) is 0.0492. The van der Waals surface area contributed by atoms with E-state index < -0.39 is 13.2 Å². The van der Waals surface area contributed by atoms with E-state index in [0.29, 0.717) is 49.5 Å². The molecule has 1 aliphatic heterocycles. The summed E-state index contributed by atoms with van der Waals surface area (Å²) in [6.07, 6.45) is 11.0. The third-order valence-electron chi connectivity index (χ3n) is 11.3. The van der Waals surface area contributed by atoms with Gasteiger partial charge < -0.3 is 25.7 Å².